The highest BCUT2D eigenvalue weighted by atomic mass is 16.5. The minimum absolute atomic E-state index is 0.0829. The van der Waals surface area contributed by atoms with Crippen LogP contribution in [0.3, 0.4) is 0 Å². The van der Waals surface area contributed by atoms with Gasteiger partial charge in [0.05, 0.1) is 7.11 Å². The van der Waals surface area contributed by atoms with Crippen LogP contribution in [0.5, 0.6) is 5.75 Å². The lowest BCUT2D eigenvalue weighted by atomic mass is 9.99. The molecule has 146 valence electrons. The summed E-state index contributed by atoms with van der Waals surface area (Å²) in [5.41, 5.74) is 2.90. The maximum atomic E-state index is 12.2. The normalized spacial score (nSPS) is 11.8. The van der Waals surface area contributed by atoms with Gasteiger partial charge in [-0.1, -0.05) is 31.1 Å². The van der Waals surface area contributed by atoms with Crippen LogP contribution in [-0.2, 0) is 11.2 Å². The van der Waals surface area contributed by atoms with Crippen molar-refractivity contribution in [3.05, 3.63) is 60.0 Å². The molecule has 6 heteroatoms. The molecule has 0 saturated carbocycles. The number of carbonyl (C=O) groups excluding carboxylic acids is 1. The standard InChI is InChI=1S/C22H25N3O3/c1-4-15(2)16-5-9-18(10-6-16)23-20(26)13-14-21-24-22(25-28-21)17-7-11-19(27-3)12-8-17/h5-12,15H,4,13-14H2,1-3H3,(H,23,26). The van der Waals surface area contributed by atoms with Crippen LogP contribution in [0.1, 0.15) is 44.1 Å². The Morgan fingerprint density at radius 2 is 1.86 bits per heavy atom. The van der Waals surface area contributed by atoms with Crippen molar-refractivity contribution in [2.75, 3.05) is 12.4 Å². The number of ether oxygens (including phenoxy) is 1. The van der Waals surface area contributed by atoms with Gasteiger partial charge in [-0.25, -0.2) is 0 Å². The number of rotatable bonds is 8. The number of anilines is 1. The molecule has 0 bridgehead atoms. The highest BCUT2D eigenvalue weighted by molar-refractivity contribution is 5.90. The Labute approximate surface area is 164 Å². The zero-order valence-corrected chi connectivity index (χ0v) is 16.4. The van der Waals surface area contributed by atoms with E-state index < -0.39 is 0 Å². The largest absolute Gasteiger partial charge is 0.497 e. The Bertz CT molecular complexity index is 902. The van der Waals surface area contributed by atoms with Gasteiger partial charge in [0, 0.05) is 24.1 Å². The second kappa shape index (κ2) is 9.17. The van der Waals surface area contributed by atoms with Crippen LogP contribution in [-0.4, -0.2) is 23.2 Å². The molecule has 2 aromatic carbocycles. The van der Waals surface area contributed by atoms with Gasteiger partial charge in [0.1, 0.15) is 5.75 Å². The molecular formula is C22H25N3O3. The van der Waals surface area contributed by atoms with Gasteiger partial charge in [-0.05, 0) is 54.3 Å². The van der Waals surface area contributed by atoms with Crippen molar-refractivity contribution in [2.45, 2.75) is 39.0 Å². The summed E-state index contributed by atoms with van der Waals surface area (Å²) >= 11 is 0. The lowest BCUT2D eigenvalue weighted by molar-refractivity contribution is -0.116. The average molecular weight is 379 g/mol. The average Bonchev–Trinajstić information content (AvgIpc) is 3.21. The second-order valence-electron chi connectivity index (χ2n) is 6.72. The summed E-state index contributed by atoms with van der Waals surface area (Å²) in [6, 6.07) is 15.4. The van der Waals surface area contributed by atoms with Crippen molar-refractivity contribution in [1.29, 1.82) is 0 Å². The van der Waals surface area contributed by atoms with Crippen LogP contribution in [0.25, 0.3) is 11.4 Å². The van der Waals surface area contributed by atoms with E-state index in [0.29, 0.717) is 24.1 Å². The minimum atomic E-state index is -0.0829. The zero-order chi connectivity index (χ0) is 19.9. The first-order chi connectivity index (χ1) is 13.6. The molecule has 28 heavy (non-hydrogen) atoms. The molecule has 1 heterocycles. The van der Waals surface area contributed by atoms with Gasteiger partial charge in [0.2, 0.25) is 17.6 Å². The topological polar surface area (TPSA) is 77.2 Å². The fourth-order valence-electron chi connectivity index (χ4n) is 2.79. The maximum Gasteiger partial charge on any atom is 0.227 e. The number of nitrogens with one attached hydrogen (secondary N) is 1. The third-order valence-corrected chi connectivity index (χ3v) is 4.76. The van der Waals surface area contributed by atoms with Crippen LogP contribution in [0.4, 0.5) is 5.69 Å². The quantitative estimate of drug-likeness (QED) is 0.606. The second-order valence-corrected chi connectivity index (χ2v) is 6.72. The van der Waals surface area contributed by atoms with E-state index in [9.17, 15) is 4.79 Å². The summed E-state index contributed by atoms with van der Waals surface area (Å²) in [6.07, 6.45) is 1.76. The third-order valence-electron chi connectivity index (χ3n) is 4.76. The van der Waals surface area contributed by atoms with E-state index in [-0.39, 0.29) is 12.3 Å². The molecule has 1 amide bonds. The van der Waals surface area contributed by atoms with Crippen LogP contribution in [0.2, 0.25) is 0 Å². The molecule has 0 aliphatic heterocycles. The monoisotopic (exact) mass is 379 g/mol. The molecular weight excluding hydrogens is 354 g/mol. The van der Waals surface area contributed by atoms with E-state index in [1.807, 2.05) is 36.4 Å². The third kappa shape index (κ3) is 4.97. The molecule has 0 saturated heterocycles. The molecule has 1 N–H and O–H groups in total. The summed E-state index contributed by atoms with van der Waals surface area (Å²) in [5.74, 6) is 2.13. The number of carbonyl (C=O) groups is 1. The molecule has 0 spiro atoms. The van der Waals surface area contributed by atoms with Crippen LogP contribution in [0, 0.1) is 0 Å². The van der Waals surface area contributed by atoms with Gasteiger partial charge in [-0.15, -0.1) is 0 Å². The Morgan fingerprint density at radius 1 is 1.14 bits per heavy atom. The molecule has 6 nitrogen and oxygen atoms in total. The molecule has 3 rings (SSSR count). The van der Waals surface area contributed by atoms with Gasteiger partial charge in [-0.3, -0.25) is 4.79 Å². The first-order valence-corrected chi connectivity index (χ1v) is 9.46. The van der Waals surface area contributed by atoms with Gasteiger partial charge >= 0.3 is 0 Å². The van der Waals surface area contributed by atoms with E-state index in [1.165, 1.54) is 5.56 Å². The molecule has 0 fully saturated rings. The summed E-state index contributed by atoms with van der Waals surface area (Å²) in [4.78, 5) is 16.6. The van der Waals surface area contributed by atoms with E-state index in [2.05, 4.69) is 41.4 Å². The number of aryl methyl sites for hydroxylation is 1. The highest BCUT2D eigenvalue weighted by Gasteiger charge is 2.11. The fourth-order valence-corrected chi connectivity index (χ4v) is 2.79. The van der Waals surface area contributed by atoms with E-state index in [0.717, 1.165) is 23.4 Å². The Balaban J connectivity index is 1.52. The number of hydrogen-bond acceptors (Lipinski definition) is 5. The predicted octanol–water partition coefficient (Wildman–Crippen LogP) is 4.83. The zero-order valence-electron chi connectivity index (χ0n) is 16.4. The molecule has 1 unspecified atom stereocenters. The van der Waals surface area contributed by atoms with Crippen LogP contribution in [0.15, 0.2) is 53.1 Å². The van der Waals surface area contributed by atoms with Gasteiger partial charge < -0.3 is 14.6 Å². The Morgan fingerprint density at radius 3 is 2.50 bits per heavy atom. The van der Waals surface area contributed by atoms with Crippen molar-refractivity contribution in [3.8, 4) is 17.1 Å². The predicted molar refractivity (Wildman–Crippen MR) is 108 cm³/mol. The van der Waals surface area contributed by atoms with Crippen molar-refractivity contribution >= 4 is 11.6 Å². The first kappa shape index (κ1) is 19.6. The SMILES string of the molecule is CCC(C)c1ccc(NC(=O)CCc2nc(-c3ccc(OC)cc3)no2)cc1. The Kier molecular flexibility index (Phi) is 6.42. The van der Waals surface area contributed by atoms with E-state index in [1.54, 1.807) is 7.11 Å². The van der Waals surface area contributed by atoms with Gasteiger partial charge in [0.25, 0.3) is 0 Å². The fraction of sp³-hybridized carbons (Fsp3) is 0.318. The summed E-state index contributed by atoms with van der Waals surface area (Å²) in [7, 11) is 1.62. The van der Waals surface area contributed by atoms with Crippen LogP contribution < -0.4 is 10.1 Å². The first-order valence-electron chi connectivity index (χ1n) is 9.46. The van der Waals surface area contributed by atoms with Crippen LogP contribution >= 0.6 is 0 Å². The summed E-state index contributed by atoms with van der Waals surface area (Å²) < 4.78 is 10.4. The molecule has 1 aromatic heterocycles. The van der Waals surface area contributed by atoms with Crippen molar-refractivity contribution in [3.63, 3.8) is 0 Å². The number of benzene rings is 2. The maximum absolute atomic E-state index is 12.2. The number of methoxy groups -OCH3 is 1. The van der Waals surface area contributed by atoms with Gasteiger partial charge in [-0.2, -0.15) is 4.98 Å². The van der Waals surface area contributed by atoms with Crippen molar-refractivity contribution < 1.29 is 14.1 Å². The number of nitrogens with zero attached hydrogens (tertiary/aromatic N) is 2. The summed E-state index contributed by atoms with van der Waals surface area (Å²) in [6.45, 7) is 4.36. The lowest BCUT2D eigenvalue weighted by Gasteiger charge is -2.10. The molecule has 0 radical (unpaired) electrons. The molecule has 0 aliphatic carbocycles. The summed E-state index contributed by atoms with van der Waals surface area (Å²) in [5, 5.41) is 6.88. The lowest BCUT2D eigenvalue weighted by Crippen LogP contribution is -2.12. The Hall–Kier alpha value is -3.15. The van der Waals surface area contributed by atoms with Gasteiger partial charge in [0.15, 0.2) is 0 Å². The van der Waals surface area contributed by atoms with E-state index >= 15 is 0 Å². The highest BCUT2D eigenvalue weighted by Crippen LogP contribution is 2.21. The number of hydrogen-bond donors (Lipinski definition) is 1. The molecule has 1 atom stereocenters. The molecule has 0 aliphatic rings. The molecule has 3 aromatic rings. The van der Waals surface area contributed by atoms with Crippen molar-refractivity contribution in [2.24, 2.45) is 0 Å². The number of amides is 1. The van der Waals surface area contributed by atoms with E-state index in [4.69, 9.17) is 9.26 Å². The number of aromatic nitrogens is 2. The smallest absolute Gasteiger partial charge is 0.227 e. The minimum Gasteiger partial charge on any atom is -0.497 e. The van der Waals surface area contributed by atoms with Crippen molar-refractivity contribution in [1.82, 2.24) is 10.1 Å².